The summed E-state index contributed by atoms with van der Waals surface area (Å²) >= 11 is 5.27. The minimum Gasteiger partial charge on any atom is -0.327 e. The maximum Gasteiger partial charge on any atom is 0.281 e. The molecule has 0 aliphatic carbocycles. The van der Waals surface area contributed by atoms with Crippen LogP contribution in [0.5, 0.6) is 0 Å². The van der Waals surface area contributed by atoms with Crippen LogP contribution in [0.15, 0.2) is 66.4 Å². The zero-order chi connectivity index (χ0) is 18.7. The normalized spacial score (nSPS) is 15.7. The number of aryl methyl sites for hydroxylation is 1. The van der Waals surface area contributed by atoms with Crippen LogP contribution in [0.3, 0.4) is 0 Å². The number of nitrogens with zero attached hydrogens (tertiary/aromatic N) is 2. The van der Waals surface area contributed by atoms with Gasteiger partial charge in [-0.25, -0.2) is 0 Å². The molecule has 1 amide bonds. The Balaban J connectivity index is 1.85. The van der Waals surface area contributed by atoms with E-state index in [1.165, 1.54) is 11.0 Å². The molecule has 0 unspecified atom stereocenters. The van der Waals surface area contributed by atoms with Crippen molar-refractivity contribution in [2.75, 3.05) is 4.90 Å². The number of anilines is 1. The SMILES string of the molecule is Cc1ccccc1N1C(=O)/C(=C\C=C\c2ccccc2[N+](=O)[O-])NC1=S. The molecule has 1 aliphatic rings. The van der Waals surface area contributed by atoms with Crippen molar-refractivity contribution in [1.29, 1.82) is 0 Å². The van der Waals surface area contributed by atoms with Crippen molar-refractivity contribution in [3.63, 3.8) is 0 Å². The van der Waals surface area contributed by atoms with E-state index in [1.807, 2.05) is 31.2 Å². The van der Waals surface area contributed by atoms with Gasteiger partial charge in [0.15, 0.2) is 5.11 Å². The first-order chi connectivity index (χ1) is 12.5. The van der Waals surface area contributed by atoms with Crippen molar-refractivity contribution in [2.45, 2.75) is 6.92 Å². The third-order valence-electron chi connectivity index (χ3n) is 3.91. The molecule has 130 valence electrons. The third kappa shape index (κ3) is 3.38. The summed E-state index contributed by atoms with van der Waals surface area (Å²) in [5.41, 5.74) is 2.43. The highest BCUT2D eigenvalue weighted by Gasteiger charge is 2.32. The molecule has 7 heteroatoms. The van der Waals surface area contributed by atoms with Gasteiger partial charge in [0.25, 0.3) is 11.6 Å². The van der Waals surface area contributed by atoms with Gasteiger partial charge >= 0.3 is 0 Å². The van der Waals surface area contributed by atoms with Crippen LogP contribution < -0.4 is 10.2 Å². The zero-order valence-corrected chi connectivity index (χ0v) is 14.7. The number of amides is 1. The quantitative estimate of drug-likeness (QED) is 0.387. The molecule has 26 heavy (non-hydrogen) atoms. The summed E-state index contributed by atoms with van der Waals surface area (Å²) in [7, 11) is 0. The molecule has 0 radical (unpaired) electrons. The van der Waals surface area contributed by atoms with Crippen molar-refractivity contribution in [3.8, 4) is 0 Å². The maximum absolute atomic E-state index is 12.7. The second-order valence-electron chi connectivity index (χ2n) is 5.61. The molecule has 1 N–H and O–H groups in total. The van der Waals surface area contributed by atoms with E-state index in [-0.39, 0.29) is 11.6 Å². The summed E-state index contributed by atoms with van der Waals surface area (Å²) in [5, 5.41) is 14.2. The lowest BCUT2D eigenvalue weighted by Gasteiger charge is -2.16. The molecule has 1 aliphatic heterocycles. The number of benzene rings is 2. The highest BCUT2D eigenvalue weighted by Crippen LogP contribution is 2.25. The standard InChI is InChI=1S/C19H15N3O3S/c1-13-7-2-4-11-16(13)21-18(23)15(20-19(21)26)10-6-9-14-8-3-5-12-17(14)22(24)25/h2-12H,1H3,(H,20,26)/b9-6+,15-10+. The second kappa shape index (κ2) is 7.28. The number of nitrogens with one attached hydrogen (secondary N) is 1. The van der Waals surface area contributed by atoms with Crippen LogP contribution in [0.25, 0.3) is 6.08 Å². The molecular weight excluding hydrogens is 350 g/mol. The Morgan fingerprint density at radius 3 is 2.58 bits per heavy atom. The number of hydrogen-bond donors (Lipinski definition) is 1. The molecule has 2 aromatic rings. The largest absolute Gasteiger partial charge is 0.327 e. The Bertz CT molecular complexity index is 966. The van der Waals surface area contributed by atoms with E-state index in [4.69, 9.17) is 12.2 Å². The number of carbonyl (C=O) groups is 1. The fraction of sp³-hybridized carbons (Fsp3) is 0.0526. The monoisotopic (exact) mass is 365 g/mol. The Morgan fingerprint density at radius 2 is 1.85 bits per heavy atom. The summed E-state index contributed by atoms with van der Waals surface area (Å²) in [4.78, 5) is 24.7. The zero-order valence-electron chi connectivity index (χ0n) is 13.9. The minimum absolute atomic E-state index is 0.00455. The van der Waals surface area contributed by atoms with Gasteiger partial charge in [0, 0.05) is 6.07 Å². The number of hydrogen-bond acceptors (Lipinski definition) is 4. The lowest BCUT2D eigenvalue weighted by atomic mass is 10.1. The number of para-hydroxylation sites is 2. The number of nitro benzene ring substituents is 1. The van der Waals surface area contributed by atoms with Gasteiger partial charge in [-0.05, 0) is 49.0 Å². The van der Waals surface area contributed by atoms with Crippen molar-refractivity contribution in [3.05, 3.63) is 87.6 Å². The third-order valence-corrected chi connectivity index (χ3v) is 4.19. The molecular formula is C19H15N3O3S. The lowest BCUT2D eigenvalue weighted by molar-refractivity contribution is -0.385. The predicted molar refractivity (Wildman–Crippen MR) is 105 cm³/mol. The number of nitro groups is 1. The van der Waals surface area contributed by atoms with Gasteiger partial charge in [-0.1, -0.05) is 36.4 Å². The summed E-state index contributed by atoms with van der Waals surface area (Å²) < 4.78 is 0. The van der Waals surface area contributed by atoms with Crippen molar-refractivity contribution in [2.24, 2.45) is 0 Å². The van der Waals surface area contributed by atoms with Gasteiger partial charge in [-0.2, -0.15) is 0 Å². The van der Waals surface area contributed by atoms with Crippen LogP contribution in [0.2, 0.25) is 0 Å². The van der Waals surface area contributed by atoms with Crippen LogP contribution >= 0.6 is 12.2 Å². The molecule has 2 aromatic carbocycles. The number of carbonyl (C=O) groups excluding carboxylic acids is 1. The van der Waals surface area contributed by atoms with E-state index in [9.17, 15) is 14.9 Å². The average molecular weight is 365 g/mol. The van der Waals surface area contributed by atoms with Crippen LogP contribution in [0.4, 0.5) is 11.4 Å². The van der Waals surface area contributed by atoms with Gasteiger partial charge in [0.2, 0.25) is 0 Å². The molecule has 0 aromatic heterocycles. The summed E-state index contributed by atoms with van der Waals surface area (Å²) in [5.74, 6) is -0.267. The van der Waals surface area contributed by atoms with E-state index in [1.54, 1.807) is 36.4 Å². The second-order valence-corrected chi connectivity index (χ2v) is 6.00. The molecule has 0 spiro atoms. The average Bonchev–Trinajstić information content (AvgIpc) is 2.90. The number of rotatable bonds is 4. The predicted octanol–water partition coefficient (Wildman–Crippen LogP) is 3.72. The van der Waals surface area contributed by atoms with Crippen molar-refractivity contribution < 1.29 is 9.72 Å². The highest BCUT2D eigenvalue weighted by atomic mass is 32.1. The maximum atomic E-state index is 12.7. The van der Waals surface area contributed by atoms with Crippen LogP contribution in [0.1, 0.15) is 11.1 Å². The van der Waals surface area contributed by atoms with Crippen LogP contribution in [0, 0.1) is 17.0 Å². The fourth-order valence-electron chi connectivity index (χ4n) is 2.63. The van der Waals surface area contributed by atoms with Gasteiger partial charge in [-0.15, -0.1) is 0 Å². The molecule has 1 fully saturated rings. The Morgan fingerprint density at radius 1 is 1.15 bits per heavy atom. The van der Waals surface area contributed by atoms with E-state index in [2.05, 4.69) is 5.32 Å². The molecule has 0 saturated carbocycles. The summed E-state index contributed by atoms with van der Waals surface area (Å²) in [6.45, 7) is 1.90. The van der Waals surface area contributed by atoms with Gasteiger partial charge in [0.05, 0.1) is 16.2 Å². The number of thiocarbonyl (C=S) groups is 1. The topological polar surface area (TPSA) is 75.5 Å². The molecule has 0 atom stereocenters. The van der Waals surface area contributed by atoms with Gasteiger partial charge in [0.1, 0.15) is 5.70 Å². The molecule has 0 bridgehead atoms. The van der Waals surface area contributed by atoms with E-state index in [0.717, 1.165) is 11.3 Å². The molecule has 1 heterocycles. The van der Waals surface area contributed by atoms with Gasteiger partial charge < -0.3 is 5.32 Å². The number of allylic oxidation sites excluding steroid dienone is 2. The Kier molecular flexibility index (Phi) is 4.90. The van der Waals surface area contributed by atoms with Crippen molar-refractivity contribution >= 4 is 40.7 Å². The fourth-order valence-corrected chi connectivity index (χ4v) is 2.92. The highest BCUT2D eigenvalue weighted by molar-refractivity contribution is 7.80. The van der Waals surface area contributed by atoms with E-state index >= 15 is 0 Å². The molecule has 3 rings (SSSR count). The van der Waals surface area contributed by atoms with Crippen LogP contribution in [-0.4, -0.2) is 15.9 Å². The summed E-state index contributed by atoms with van der Waals surface area (Å²) in [6, 6.07) is 13.9. The first-order valence-electron chi connectivity index (χ1n) is 7.82. The summed E-state index contributed by atoms with van der Waals surface area (Å²) in [6.07, 6.45) is 4.73. The minimum atomic E-state index is -0.444. The van der Waals surface area contributed by atoms with E-state index in [0.29, 0.717) is 16.4 Å². The first-order valence-corrected chi connectivity index (χ1v) is 8.22. The molecule has 1 saturated heterocycles. The van der Waals surface area contributed by atoms with Crippen LogP contribution in [-0.2, 0) is 4.79 Å². The first kappa shape index (κ1) is 17.5. The lowest BCUT2D eigenvalue weighted by Crippen LogP contribution is -2.30. The Labute approximate surface area is 155 Å². The smallest absolute Gasteiger partial charge is 0.281 e. The Hall–Kier alpha value is -3.32. The van der Waals surface area contributed by atoms with Gasteiger partial charge in [-0.3, -0.25) is 19.8 Å². The molecule has 6 nitrogen and oxygen atoms in total. The van der Waals surface area contributed by atoms with E-state index < -0.39 is 4.92 Å². The van der Waals surface area contributed by atoms with Crippen molar-refractivity contribution in [1.82, 2.24) is 5.32 Å².